The van der Waals surface area contributed by atoms with E-state index in [1.807, 2.05) is 6.20 Å². The van der Waals surface area contributed by atoms with E-state index < -0.39 is 5.60 Å². The number of imidazole rings is 1. The first-order valence-corrected chi connectivity index (χ1v) is 6.93. The van der Waals surface area contributed by atoms with E-state index in [1.54, 1.807) is 6.20 Å². The van der Waals surface area contributed by atoms with Crippen LogP contribution in [-0.4, -0.2) is 14.7 Å². The van der Waals surface area contributed by atoms with Crippen LogP contribution >= 0.6 is 0 Å². The van der Waals surface area contributed by atoms with E-state index in [9.17, 15) is 5.11 Å². The second-order valence-corrected chi connectivity index (χ2v) is 5.30. The Morgan fingerprint density at radius 3 is 2.71 bits per heavy atom. The molecule has 3 heteroatoms. The zero-order chi connectivity index (χ0) is 12.3. The van der Waals surface area contributed by atoms with Gasteiger partial charge in [0.25, 0.3) is 0 Å². The molecule has 0 aliphatic heterocycles. The van der Waals surface area contributed by atoms with E-state index in [0.717, 1.165) is 44.0 Å². The maximum Gasteiger partial charge on any atom is 0.140 e. The van der Waals surface area contributed by atoms with Crippen LogP contribution in [0.5, 0.6) is 0 Å². The molecule has 1 aromatic heterocycles. The van der Waals surface area contributed by atoms with Crippen molar-refractivity contribution < 1.29 is 5.11 Å². The summed E-state index contributed by atoms with van der Waals surface area (Å²) in [5.41, 5.74) is -0.677. The van der Waals surface area contributed by atoms with Gasteiger partial charge in [0.1, 0.15) is 11.4 Å². The zero-order valence-electron chi connectivity index (χ0n) is 11.0. The van der Waals surface area contributed by atoms with E-state index in [4.69, 9.17) is 0 Å². The van der Waals surface area contributed by atoms with Gasteiger partial charge in [0.05, 0.1) is 0 Å². The van der Waals surface area contributed by atoms with E-state index in [1.165, 1.54) is 12.8 Å². The summed E-state index contributed by atoms with van der Waals surface area (Å²) in [6.45, 7) is 5.22. The van der Waals surface area contributed by atoms with Crippen LogP contribution in [0.4, 0.5) is 0 Å². The van der Waals surface area contributed by atoms with Crippen LogP contribution in [0.2, 0.25) is 0 Å². The minimum Gasteiger partial charge on any atom is -0.382 e. The van der Waals surface area contributed by atoms with Crippen molar-refractivity contribution in [2.45, 2.75) is 64.5 Å². The van der Waals surface area contributed by atoms with Crippen LogP contribution in [0.1, 0.15) is 58.2 Å². The first-order chi connectivity index (χ1) is 8.19. The Morgan fingerprint density at radius 2 is 2.12 bits per heavy atom. The smallest absolute Gasteiger partial charge is 0.140 e. The summed E-state index contributed by atoms with van der Waals surface area (Å²) in [7, 11) is 0. The van der Waals surface area contributed by atoms with Crippen molar-refractivity contribution in [3.63, 3.8) is 0 Å². The summed E-state index contributed by atoms with van der Waals surface area (Å²) in [5.74, 6) is 1.68. The zero-order valence-corrected chi connectivity index (χ0v) is 11.0. The Balaban J connectivity index is 2.06. The molecule has 0 saturated heterocycles. The molecule has 17 heavy (non-hydrogen) atoms. The van der Waals surface area contributed by atoms with Crippen LogP contribution in [-0.2, 0) is 12.1 Å². The molecule has 2 rings (SSSR count). The predicted octanol–water partition coefficient (Wildman–Crippen LogP) is 3.08. The highest BCUT2D eigenvalue weighted by Gasteiger charge is 2.37. The highest BCUT2D eigenvalue weighted by Crippen LogP contribution is 2.40. The van der Waals surface area contributed by atoms with Crippen LogP contribution in [0.25, 0.3) is 0 Å². The van der Waals surface area contributed by atoms with Crippen LogP contribution in [0.15, 0.2) is 12.4 Å². The van der Waals surface area contributed by atoms with Gasteiger partial charge in [0.15, 0.2) is 0 Å². The lowest BCUT2D eigenvalue weighted by Crippen LogP contribution is -2.34. The highest BCUT2D eigenvalue weighted by molar-refractivity contribution is 5.06. The molecule has 0 bridgehead atoms. The molecule has 0 aromatic carbocycles. The average molecular weight is 236 g/mol. The quantitative estimate of drug-likeness (QED) is 0.872. The van der Waals surface area contributed by atoms with Crippen molar-refractivity contribution in [1.29, 1.82) is 0 Å². The van der Waals surface area contributed by atoms with Gasteiger partial charge in [0.2, 0.25) is 0 Å². The van der Waals surface area contributed by atoms with Crippen LogP contribution in [0, 0.1) is 5.92 Å². The van der Waals surface area contributed by atoms with E-state index in [0.29, 0.717) is 0 Å². The van der Waals surface area contributed by atoms with Crippen LogP contribution in [0.3, 0.4) is 0 Å². The Bertz CT molecular complexity index is 351. The van der Waals surface area contributed by atoms with Gasteiger partial charge < -0.3 is 9.67 Å². The largest absolute Gasteiger partial charge is 0.382 e. The highest BCUT2D eigenvalue weighted by atomic mass is 16.3. The SMILES string of the molecule is CCCC1CCC(O)(c2nccn2CC)CC1. The molecule has 1 aromatic rings. The van der Waals surface area contributed by atoms with Gasteiger partial charge in [-0.25, -0.2) is 4.98 Å². The number of rotatable bonds is 4. The molecule has 1 aliphatic rings. The maximum absolute atomic E-state index is 10.7. The van der Waals surface area contributed by atoms with Crippen molar-refractivity contribution >= 4 is 0 Å². The average Bonchev–Trinajstić information content (AvgIpc) is 2.81. The molecular formula is C14H24N2O. The number of aryl methyl sites for hydroxylation is 1. The van der Waals surface area contributed by atoms with E-state index in [2.05, 4.69) is 23.4 Å². The van der Waals surface area contributed by atoms with Crippen molar-refractivity contribution in [3.05, 3.63) is 18.2 Å². The molecule has 0 atom stereocenters. The van der Waals surface area contributed by atoms with Crippen molar-refractivity contribution in [3.8, 4) is 0 Å². The van der Waals surface area contributed by atoms with Gasteiger partial charge in [-0.05, 0) is 38.5 Å². The van der Waals surface area contributed by atoms with Gasteiger partial charge in [-0.15, -0.1) is 0 Å². The topological polar surface area (TPSA) is 38.1 Å². The van der Waals surface area contributed by atoms with E-state index >= 15 is 0 Å². The summed E-state index contributed by atoms with van der Waals surface area (Å²) in [6.07, 6.45) is 10.3. The standard InChI is InChI=1S/C14H24N2O/c1-3-5-12-6-8-14(17,9-7-12)13-15-10-11-16(13)4-2/h10-12,17H,3-9H2,1-2H3. The first-order valence-electron chi connectivity index (χ1n) is 6.93. The third kappa shape index (κ3) is 2.54. The summed E-state index contributed by atoms with van der Waals surface area (Å²) in [4.78, 5) is 4.37. The molecule has 1 fully saturated rings. The summed E-state index contributed by atoms with van der Waals surface area (Å²) >= 11 is 0. The van der Waals surface area contributed by atoms with Crippen LogP contribution < -0.4 is 0 Å². The molecule has 1 N–H and O–H groups in total. The maximum atomic E-state index is 10.7. The third-order valence-corrected chi connectivity index (χ3v) is 4.10. The molecule has 0 unspecified atom stereocenters. The fraction of sp³-hybridized carbons (Fsp3) is 0.786. The molecular weight excluding hydrogens is 212 g/mol. The minimum absolute atomic E-state index is 0.677. The molecule has 0 spiro atoms. The van der Waals surface area contributed by atoms with Gasteiger partial charge >= 0.3 is 0 Å². The van der Waals surface area contributed by atoms with Crippen molar-refractivity contribution in [1.82, 2.24) is 9.55 Å². The second kappa shape index (κ2) is 5.21. The molecule has 1 aliphatic carbocycles. The Labute approximate surface area is 104 Å². The lowest BCUT2D eigenvalue weighted by molar-refractivity contribution is -0.0255. The summed E-state index contributed by atoms with van der Waals surface area (Å²) < 4.78 is 2.07. The lowest BCUT2D eigenvalue weighted by Gasteiger charge is -2.35. The molecule has 3 nitrogen and oxygen atoms in total. The minimum atomic E-state index is -0.677. The molecule has 1 saturated carbocycles. The normalized spacial score (nSPS) is 29.5. The first kappa shape index (κ1) is 12.6. The van der Waals surface area contributed by atoms with E-state index in [-0.39, 0.29) is 0 Å². The van der Waals surface area contributed by atoms with Gasteiger partial charge in [-0.1, -0.05) is 19.8 Å². The molecule has 1 heterocycles. The number of hydrogen-bond donors (Lipinski definition) is 1. The Kier molecular flexibility index (Phi) is 3.87. The monoisotopic (exact) mass is 236 g/mol. The predicted molar refractivity (Wildman–Crippen MR) is 68.7 cm³/mol. The Hall–Kier alpha value is -0.830. The van der Waals surface area contributed by atoms with Gasteiger partial charge in [0, 0.05) is 18.9 Å². The van der Waals surface area contributed by atoms with Crippen molar-refractivity contribution in [2.24, 2.45) is 5.92 Å². The number of hydrogen-bond acceptors (Lipinski definition) is 2. The molecule has 0 radical (unpaired) electrons. The number of aromatic nitrogens is 2. The summed E-state index contributed by atoms with van der Waals surface area (Å²) in [6, 6.07) is 0. The number of aliphatic hydroxyl groups is 1. The number of nitrogens with zero attached hydrogens (tertiary/aromatic N) is 2. The fourth-order valence-electron chi connectivity index (χ4n) is 3.05. The third-order valence-electron chi connectivity index (χ3n) is 4.10. The van der Waals surface area contributed by atoms with Gasteiger partial charge in [-0.3, -0.25) is 0 Å². The fourth-order valence-corrected chi connectivity index (χ4v) is 3.05. The summed E-state index contributed by atoms with van der Waals surface area (Å²) in [5, 5.41) is 10.7. The molecule has 96 valence electrons. The lowest BCUT2D eigenvalue weighted by atomic mass is 9.77. The molecule has 0 amide bonds. The Morgan fingerprint density at radius 1 is 1.41 bits per heavy atom. The second-order valence-electron chi connectivity index (χ2n) is 5.30. The van der Waals surface area contributed by atoms with Crippen molar-refractivity contribution in [2.75, 3.05) is 0 Å². The van der Waals surface area contributed by atoms with Gasteiger partial charge in [-0.2, -0.15) is 0 Å².